The zero-order valence-electron chi connectivity index (χ0n) is 14.3. The predicted molar refractivity (Wildman–Crippen MR) is 93.7 cm³/mol. The fraction of sp³-hybridized carbons (Fsp3) is 0.167. The van der Waals surface area contributed by atoms with E-state index in [0.717, 1.165) is 16.4 Å². The lowest BCUT2D eigenvalue weighted by atomic mass is 10.1. The van der Waals surface area contributed by atoms with Gasteiger partial charge in [0.05, 0.1) is 23.6 Å². The number of sulfonamides is 1. The van der Waals surface area contributed by atoms with Gasteiger partial charge in [-0.05, 0) is 29.8 Å². The van der Waals surface area contributed by atoms with Gasteiger partial charge in [-0.25, -0.2) is 13.1 Å². The second kappa shape index (κ2) is 7.16. The summed E-state index contributed by atoms with van der Waals surface area (Å²) in [5, 5.41) is 4.07. The van der Waals surface area contributed by atoms with E-state index in [1.54, 1.807) is 12.1 Å². The Morgan fingerprint density at radius 2 is 1.67 bits per heavy atom. The van der Waals surface area contributed by atoms with Crippen LogP contribution >= 0.6 is 0 Å². The fourth-order valence-electron chi connectivity index (χ4n) is 2.48. The molecule has 0 aliphatic rings. The summed E-state index contributed by atoms with van der Waals surface area (Å²) in [7, 11) is -2.47. The molecule has 0 amide bonds. The minimum atomic E-state index is -4.43. The van der Waals surface area contributed by atoms with Gasteiger partial charge in [0.25, 0.3) is 0 Å². The van der Waals surface area contributed by atoms with Crippen molar-refractivity contribution in [1.29, 1.82) is 0 Å². The number of benzene rings is 2. The van der Waals surface area contributed by atoms with E-state index < -0.39 is 21.8 Å². The number of para-hydroxylation sites is 1. The zero-order valence-corrected chi connectivity index (χ0v) is 15.1. The van der Waals surface area contributed by atoms with E-state index in [0.29, 0.717) is 11.3 Å². The molecule has 2 aromatic carbocycles. The highest BCUT2D eigenvalue weighted by atomic mass is 32.2. The van der Waals surface area contributed by atoms with Crippen LogP contribution in [0.15, 0.2) is 71.9 Å². The van der Waals surface area contributed by atoms with Crippen LogP contribution in [0.25, 0.3) is 5.69 Å². The molecule has 0 radical (unpaired) electrons. The largest absolute Gasteiger partial charge is 0.416 e. The van der Waals surface area contributed by atoms with Gasteiger partial charge in [0.2, 0.25) is 10.0 Å². The Morgan fingerprint density at radius 3 is 2.26 bits per heavy atom. The van der Waals surface area contributed by atoms with Crippen LogP contribution in [0.2, 0.25) is 0 Å². The summed E-state index contributed by atoms with van der Waals surface area (Å²) in [5.74, 6) is 0. The first kappa shape index (κ1) is 19.1. The Bertz CT molecular complexity index is 1010. The minimum absolute atomic E-state index is 0.000708. The molecule has 0 atom stereocenters. The van der Waals surface area contributed by atoms with Crippen molar-refractivity contribution in [3.63, 3.8) is 0 Å². The zero-order chi connectivity index (χ0) is 19.7. The lowest BCUT2D eigenvalue weighted by Crippen LogP contribution is -2.26. The smallest absolute Gasteiger partial charge is 0.240 e. The molecule has 0 spiro atoms. The van der Waals surface area contributed by atoms with Crippen LogP contribution in [0, 0.1) is 0 Å². The summed E-state index contributed by atoms with van der Waals surface area (Å²) in [6, 6.07) is 13.4. The molecule has 3 rings (SSSR count). The van der Waals surface area contributed by atoms with Crippen molar-refractivity contribution in [3.8, 4) is 5.69 Å². The molecule has 142 valence electrons. The van der Waals surface area contributed by atoms with Crippen LogP contribution in [0.4, 0.5) is 13.2 Å². The van der Waals surface area contributed by atoms with Crippen LogP contribution in [-0.4, -0.2) is 29.6 Å². The summed E-state index contributed by atoms with van der Waals surface area (Å²) in [5.41, 5.74) is 0.384. The highest BCUT2D eigenvalue weighted by Crippen LogP contribution is 2.29. The predicted octanol–water partition coefficient (Wildman–Crippen LogP) is 3.71. The number of hydrogen-bond acceptors (Lipinski definition) is 3. The van der Waals surface area contributed by atoms with Crippen molar-refractivity contribution < 1.29 is 21.6 Å². The van der Waals surface area contributed by atoms with Gasteiger partial charge in [-0.3, -0.25) is 0 Å². The van der Waals surface area contributed by atoms with Crippen molar-refractivity contribution in [2.45, 2.75) is 17.6 Å². The van der Waals surface area contributed by atoms with Gasteiger partial charge in [-0.2, -0.15) is 22.6 Å². The number of alkyl halides is 3. The molecule has 5 nitrogen and oxygen atoms in total. The first-order chi connectivity index (χ1) is 12.7. The number of hydrogen-bond donors (Lipinski definition) is 0. The van der Waals surface area contributed by atoms with Crippen LogP contribution in [0.3, 0.4) is 0 Å². The van der Waals surface area contributed by atoms with Crippen LogP contribution in [0.1, 0.15) is 11.1 Å². The van der Waals surface area contributed by atoms with Gasteiger partial charge in [-0.15, -0.1) is 0 Å². The van der Waals surface area contributed by atoms with Crippen LogP contribution < -0.4 is 0 Å². The number of nitrogens with zero attached hydrogens (tertiary/aromatic N) is 3. The van der Waals surface area contributed by atoms with Crippen LogP contribution in [-0.2, 0) is 22.7 Å². The molecule has 0 fully saturated rings. The average Bonchev–Trinajstić information content (AvgIpc) is 3.13. The third-order valence-corrected chi connectivity index (χ3v) is 5.73. The van der Waals surface area contributed by atoms with E-state index in [9.17, 15) is 21.6 Å². The summed E-state index contributed by atoms with van der Waals surface area (Å²) in [6.07, 6.45) is -1.79. The van der Waals surface area contributed by atoms with Gasteiger partial charge in [0.1, 0.15) is 4.90 Å². The lowest BCUT2D eigenvalue weighted by molar-refractivity contribution is -0.137. The summed E-state index contributed by atoms with van der Waals surface area (Å²) in [6.45, 7) is -0.0585. The quantitative estimate of drug-likeness (QED) is 0.662. The summed E-state index contributed by atoms with van der Waals surface area (Å²) >= 11 is 0. The van der Waals surface area contributed by atoms with Crippen molar-refractivity contribution in [2.24, 2.45) is 0 Å². The normalized spacial score (nSPS) is 12.5. The van der Waals surface area contributed by atoms with Gasteiger partial charge in [0.15, 0.2) is 0 Å². The summed E-state index contributed by atoms with van der Waals surface area (Å²) < 4.78 is 65.8. The molecule has 0 aliphatic carbocycles. The van der Waals surface area contributed by atoms with E-state index in [-0.39, 0.29) is 11.4 Å². The highest BCUT2D eigenvalue weighted by Gasteiger charge is 2.30. The molecular formula is C18H16F3N3O2S. The molecule has 3 aromatic rings. The summed E-state index contributed by atoms with van der Waals surface area (Å²) in [4.78, 5) is 0.000708. The van der Waals surface area contributed by atoms with E-state index in [1.807, 2.05) is 18.2 Å². The van der Waals surface area contributed by atoms with E-state index in [1.165, 1.54) is 36.3 Å². The molecule has 9 heteroatoms. The highest BCUT2D eigenvalue weighted by molar-refractivity contribution is 7.89. The van der Waals surface area contributed by atoms with Crippen molar-refractivity contribution in [2.75, 3.05) is 7.05 Å². The topological polar surface area (TPSA) is 55.2 Å². The maximum absolute atomic E-state index is 12.7. The monoisotopic (exact) mass is 395 g/mol. The van der Waals surface area contributed by atoms with Crippen LogP contribution in [0.5, 0.6) is 0 Å². The van der Waals surface area contributed by atoms with Crippen molar-refractivity contribution in [1.82, 2.24) is 14.1 Å². The molecule has 0 bridgehead atoms. The molecular weight excluding hydrogens is 379 g/mol. The fourth-order valence-corrected chi connectivity index (χ4v) is 3.57. The third-order valence-electron chi connectivity index (χ3n) is 3.97. The number of aromatic nitrogens is 2. The molecule has 1 aromatic heterocycles. The molecule has 1 heterocycles. The number of rotatable bonds is 5. The number of halogens is 3. The third kappa shape index (κ3) is 4.20. The Kier molecular flexibility index (Phi) is 5.07. The Hall–Kier alpha value is -2.65. The van der Waals surface area contributed by atoms with Gasteiger partial charge >= 0.3 is 6.18 Å². The molecule has 27 heavy (non-hydrogen) atoms. The maximum atomic E-state index is 12.7. The van der Waals surface area contributed by atoms with E-state index >= 15 is 0 Å². The molecule has 0 aliphatic heterocycles. The second-order valence-corrected chi connectivity index (χ2v) is 7.96. The van der Waals surface area contributed by atoms with Gasteiger partial charge in [0, 0.05) is 13.6 Å². The SMILES string of the molecule is CN(Cc1ccc(C(F)(F)F)cc1)S(=O)(=O)c1cnn(-c2ccccc2)c1. The molecule has 0 saturated carbocycles. The first-order valence-electron chi connectivity index (χ1n) is 7.90. The van der Waals surface area contributed by atoms with E-state index in [4.69, 9.17) is 0 Å². The first-order valence-corrected chi connectivity index (χ1v) is 9.34. The van der Waals surface area contributed by atoms with Crippen molar-refractivity contribution in [3.05, 3.63) is 78.1 Å². The minimum Gasteiger partial charge on any atom is -0.240 e. The maximum Gasteiger partial charge on any atom is 0.416 e. The molecule has 0 unspecified atom stereocenters. The average molecular weight is 395 g/mol. The Balaban J connectivity index is 1.78. The second-order valence-electron chi connectivity index (χ2n) is 5.91. The van der Waals surface area contributed by atoms with Gasteiger partial charge < -0.3 is 0 Å². The molecule has 0 N–H and O–H groups in total. The van der Waals surface area contributed by atoms with Crippen molar-refractivity contribution >= 4 is 10.0 Å². The Morgan fingerprint density at radius 1 is 1.04 bits per heavy atom. The molecule has 0 saturated heterocycles. The lowest BCUT2D eigenvalue weighted by Gasteiger charge is -2.16. The van der Waals surface area contributed by atoms with E-state index in [2.05, 4.69) is 5.10 Å². The van der Waals surface area contributed by atoms with Gasteiger partial charge in [-0.1, -0.05) is 30.3 Å². The standard InChI is InChI=1S/C18H16F3N3O2S/c1-23(12-14-7-9-15(10-8-14)18(19,20)21)27(25,26)17-11-22-24(13-17)16-5-3-2-4-6-16/h2-11,13H,12H2,1H3. The Labute approximate surface area is 154 Å².